The van der Waals surface area contributed by atoms with Crippen molar-refractivity contribution in [3.8, 4) is 0 Å². The molecule has 5 nitrogen and oxygen atoms in total. The Bertz CT molecular complexity index is 125. The Kier molecular flexibility index (Phi) is 24.6. The van der Waals surface area contributed by atoms with Gasteiger partial charge >= 0.3 is 41.0 Å². The third-order valence-electron chi connectivity index (χ3n) is 1.77. The third kappa shape index (κ3) is 17.6. The number of halogens is 2. The Balaban J connectivity index is -0.000000177. The average molecular weight is 528 g/mol. The Morgan fingerprint density at radius 1 is 1.20 bits per heavy atom. The molecule has 0 spiro atoms. The molecule has 0 aromatic heterocycles. The van der Waals surface area contributed by atoms with Gasteiger partial charge < -0.3 is 29.0 Å². The van der Waals surface area contributed by atoms with Gasteiger partial charge in [-0.05, 0) is 0 Å². The van der Waals surface area contributed by atoms with E-state index in [1.54, 1.807) is 0 Å². The molecule has 15 heavy (non-hydrogen) atoms. The van der Waals surface area contributed by atoms with E-state index in [2.05, 4.69) is 26.6 Å². The monoisotopic (exact) mass is 526 g/mol. The van der Waals surface area contributed by atoms with Crippen LogP contribution in [0.25, 0.3) is 11.5 Å². The smallest absolute Gasteiger partial charge is 0.0548 e. The van der Waals surface area contributed by atoms with Gasteiger partial charge in [-0.25, -0.2) is 0 Å². The first-order chi connectivity index (χ1) is 6.63. The van der Waals surface area contributed by atoms with E-state index in [-0.39, 0.29) is 34.0 Å². The van der Waals surface area contributed by atoms with Gasteiger partial charge in [0, 0.05) is 0 Å². The molecule has 0 radical (unpaired) electrons. The molecule has 0 saturated heterocycles. The van der Waals surface area contributed by atoms with Gasteiger partial charge in [-0.3, -0.25) is 0 Å². The molecule has 1 fully saturated rings. The zero-order chi connectivity index (χ0) is 11.4. The maximum absolute atomic E-state index is 8.00. The van der Waals surface area contributed by atoms with Crippen molar-refractivity contribution in [1.29, 1.82) is 0 Å². The Morgan fingerprint density at radius 2 is 1.40 bits per heavy atom. The van der Waals surface area contributed by atoms with Gasteiger partial charge in [0.2, 0.25) is 0 Å². The third-order valence-corrected chi connectivity index (χ3v) is 1.77. The molecule has 1 aliphatic rings. The van der Waals surface area contributed by atoms with E-state index in [0.717, 1.165) is 18.2 Å². The van der Waals surface area contributed by atoms with Crippen molar-refractivity contribution in [3.05, 3.63) is 29.0 Å². The van der Waals surface area contributed by atoms with Crippen LogP contribution in [0, 0.1) is 17.5 Å². The van der Waals surface area contributed by atoms with Crippen LogP contribution in [-0.4, -0.2) is 12.1 Å². The number of rotatable bonds is 0. The molecule has 0 aromatic carbocycles. The molecule has 1 rings (SSSR count). The first kappa shape index (κ1) is 21.3. The molecule has 1 aliphatic carbocycles. The Labute approximate surface area is 112 Å². The Hall–Kier alpha value is 0.968. The summed E-state index contributed by atoms with van der Waals surface area (Å²) >= 11 is 6.56. The molecular formula is C7H15Br2N3O2Pt-4. The van der Waals surface area contributed by atoms with Crippen LogP contribution in [0.4, 0.5) is 0 Å². The molecule has 0 bridgehead atoms. The van der Waals surface area contributed by atoms with Gasteiger partial charge in [0.25, 0.3) is 0 Å². The molecule has 2 unspecified atom stereocenters. The molecule has 0 amide bonds. The minimum absolute atomic E-state index is 0. The summed E-state index contributed by atoms with van der Waals surface area (Å²) in [5, 5.41) is 9.00. The van der Waals surface area contributed by atoms with Crippen molar-refractivity contribution in [2.24, 2.45) is 5.34 Å². The maximum Gasteiger partial charge on any atom is -0.0548 e. The summed E-state index contributed by atoms with van der Waals surface area (Å²) in [6.45, 7) is 0. The molecule has 2 N–H and O–H groups in total. The topological polar surface area (TPSA) is 100 Å². The van der Waals surface area contributed by atoms with E-state index < -0.39 is 0 Å². The SMILES string of the molecule is O=N[O-].[Br][Pt][Br].[CH3-].[NH-]C1CCCCC1[NH-]. The summed E-state index contributed by atoms with van der Waals surface area (Å²) in [5.41, 5.74) is 14.6. The van der Waals surface area contributed by atoms with Crippen molar-refractivity contribution in [2.45, 2.75) is 37.8 Å². The number of hydrogen-bond donors (Lipinski definition) is 0. The quantitative estimate of drug-likeness (QED) is 0.257. The van der Waals surface area contributed by atoms with Crippen molar-refractivity contribution in [1.82, 2.24) is 0 Å². The van der Waals surface area contributed by atoms with E-state index in [1.807, 2.05) is 0 Å². The zero-order valence-corrected chi connectivity index (χ0v) is 13.8. The van der Waals surface area contributed by atoms with E-state index in [9.17, 15) is 0 Å². The second-order valence-corrected chi connectivity index (χ2v) is 12.6. The zero-order valence-electron chi connectivity index (χ0n) is 8.32. The minimum Gasteiger partial charge on any atom is -0.676 e. The summed E-state index contributed by atoms with van der Waals surface area (Å²) in [5.74, 6) is 0. The van der Waals surface area contributed by atoms with Crippen LogP contribution in [0.1, 0.15) is 25.7 Å². The van der Waals surface area contributed by atoms with Crippen LogP contribution in [-0.2, 0) is 14.5 Å². The fourth-order valence-electron chi connectivity index (χ4n) is 1.13. The van der Waals surface area contributed by atoms with Crippen LogP contribution in [0.5, 0.6) is 0 Å². The van der Waals surface area contributed by atoms with Crippen LogP contribution >= 0.6 is 26.6 Å². The second-order valence-electron chi connectivity index (χ2n) is 2.62. The van der Waals surface area contributed by atoms with Crippen LogP contribution in [0.3, 0.4) is 0 Å². The van der Waals surface area contributed by atoms with Crippen LogP contribution < -0.4 is 0 Å². The van der Waals surface area contributed by atoms with E-state index in [1.165, 1.54) is 12.8 Å². The second kappa shape index (κ2) is 17.4. The van der Waals surface area contributed by atoms with Gasteiger partial charge in [0.15, 0.2) is 0 Å². The minimum atomic E-state index is -0.0799. The van der Waals surface area contributed by atoms with Crippen LogP contribution in [0.2, 0.25) is 0 Å². The number of nitrogens with one attached hydrogen (secondary N) is 2. The number of hydrogen-bond acceptors (Lipinski definition) is 3. The molecular weight excluding hydrogens is 513 g/mol. The van der Waals surface area contributed by atoms with Gasteiger partial charge in [-0.1, -0.05) is 25.7 Å². The van der Waals surface area contributed by atoms with E-state index in [0.29, 0.717) is 0 Å². The summed E-state index contributed by atoms with van der Waals surface area (Å²) in [7, 11) is 0. The molecule has 2 atom stereocenters. The van der Waals surface area contributed by atoms with Gasteiger partial charge in [-0.2, -0.15) is 12.1 Å². The largest absolute Gasteiger partial charge is 0.676 e. The summed E-state index contributed by atoms with van der Waals surface area (Å²) < 4.78 is 0. The predicted molar refractivity (Wildman–Crippen MR) is 68.1 cm³/mol. The van der Waals surface area contributed by atoms with Crippen LogP contribution in [0.15, 0.2) is 5.34 Å². The summed E-state index contributed by atoms with van der Waals surface area (Å²) in [6, 6.07) is -0.160. The maximum atomic E-state index is 8.00. The first-order valence-corrected chi connectivity index (χ1v) is 13.8. The van der Waals surface area contributed by atoms with Crippen molar-refractivity contribution < 1.29 is 14.5 Å². The fourth-order valence-corrected chi connectivity index (χ4v) is 1.13. The first-order valence-electron chi connectivity index (χ1n) is 3.83. The van der Waals surface area contributed by atoms with Gasteiger partial charge in [0.1, 0.15) is 0 Å². The molecule has 98 valence electrons. The summed E-state index contributed by atoms with van der Waals surface area (Å²) in [6.07, 6.45) is 4.25. The van der Waals surface area contributed by atoms with Crippen molar-refractivity contribution in [3.63, 3.8) is 0 Å². The molecule has 8 heteroatoms. The average Bonchev–Trinajstić information content (AvgIpc) is 2.13. The number of nitrogens with zero attached hydrogens (tertiary/aromatic N) is 1. The molecule has 0 heterocycles. The van der Waals surface area contributed by atoms with Gasteiger partial charge in [0.05, 0.1) is 0 Å². The molecule has 0 aromatic rings. The predicted octanol–water partition coefficient (Wildman–Crippen LogP) is 4.79. The standard InChI is InChI=1S/C6H12N2.CH3.2BrH.HNO2.Pt/c7-5-3-1-2-4-6(5)8;;;;2-1-3;/h5-8H,1-4H2;1H3;2*1H;(H,2,3);/q-2;-1;;;;+2/p-3. The van der Waals surface area contributed by atoms with E-state index >= 15 is 0 Å². The van der Waals surface area contributed by atoms with E-state index in [4.69, 9.17) is 21.6 Å². The van der Waals surface area contributed by atoms with Crippen molar-refractivity contribution >= 4 is 26.6 Å². The fraction of sp³-hybridized carbons (Fsp3) is 0.857. The van der Waals surface area contributed by atoms with Gasteiger partial charge in [-0.15, -0.1) is 5.34 Å². The molecule has 1 saturated carbocycles. The van der Waals surface area contributed by atoms with Crippen molar-refractivity contribution in [2.75, 3.05) is 0 Å². The normalized spacial score (nSPS) is 23.5. The molecule has 0 aliphatic heterocycles. The Morgan fingerprint density at radius 3 is 1.53 bits per heavy atom. The summed E-state index contributed by atoms with van der Waals surface area (Å²) in [4.78, 5) is 8.00.